The molecule has 1 aromatic carbocycles. The van der Waals surface area contributed by atoms with E-state index in [-0.39, 0.29) is 6.17 Å². The highest BCUT2D eigenvalue weighted by molar-refractivity contribution is 7.16. The molecular formula is C20H24N2O2S. The van der Waals surface area contributed by atoms with Crippen LogP contribution in [0.15, 0.2) is 23.2 Å². The van der Waals surface area contributed by atoms with E-state index >= 15 is 0 Å². The molecule has 4 nitrogen and oxygen atoms in total. The van der Waals surface area contributed by atoms with E-state index in [1.54, 1.807) is 0 Å². The van der Waals surface area contributed by atoms with Crippen molar-refractivity contribution in [2.45, 2.75) is 52.1 Å². The SMILES string of the molecule is CCCC(C[C@@H]1N=Cc2c(sc(C)c2C)N1)c1ccc2c(c1)OCO2. The van der Waals surface area contributed by atoms with Crippen molar-refractivity contribution in [1.82, 2.24) is 0 Å². The summed E-state index contributed by atoms with van der Waals surface area (Å²) in [5.74, 6) is 2.17. The normalized spacial score (nSPS) is 18.8. The monoisotopic (exact) mass is 356 g/mol. The van der Waals surface area contributed by atoms with Crippen LogP contribution in [0.3, 0.4) is 0 Å². The van der Waals surface area contributed by atoms with E-state index in [1.165, 1.54) is 26.6 Å². The van der Waals surface area contributed by atoms with Crippen molar-refractivity contribution in [3.05, 3.63) is 39.8 Å². The van der Waals surface area contributed by atoms with Crippen LogP contribution in [0.1, 0.15) is 53.7 Å². The number of hydrogen-bond donors (Lipinski definition) is 1. The number of aliphatic imine (C=N–C) groups is 1. The van der Waals surface area contributed by atoms with Crippen molar-refractivity contribution < 1.29 is 9.47 Å². The third kappa shape index (κ3) is 3.13. The number of nitrogens with zero attached hydrogens (tertiary/aromatic N) is 1. The van der Waals surface area contributed by atoms with Crippen LogP contribution < -0.4 is 14.8 Å². The minimum Gasteiger partial charge on any atom is -0.454 e. The zero-order valence-corrected chi connectivity index (χ0v) is 15.8. The summed E-state index contributed by atoms with van der Waals surface area (Å²) >= 11 is 1.83. The van der Waals surface area contributed by atoms with Gasteiger partial charge >= 0.3 is 0 Å². The van der Waals surface area contributed by atoms with Crippen LogP contribution in [0.2, 0.25) is 0 Å². The fraction of sp³-hybridized carbons (Fsp3) is 0.450. The van der Waals surface area contributed by atoms with E-state index in [4.69, 9.17) is 14.5 Å². The van der Waals surface area contributed by atoms with Gasteiger partial charge in [-0.25, -0.2) is 0 Å². The number of ether oxygens (including phenoxy) is 2. The standard InChI is InChI=1S/C20H24N2O2S/c1-4-5-14(15-6-7-17-18(8-15)24-11-23-17)9-19-21-10-16-12(2)13(3)25-20(16)22-19/h6-8,10,14,19,22H,4-5,9,11H2,1-3H3/t14?,19-/m1/s1. The van der Waals surface area contributed by atoms with Crippen molar-refractivity contribution >= 4 is 22.6 Å². The van der Waals surface area contributed by atoms with Gasteiger partial charge in [0.25, 0.3) is 0 Å². The molecule has 0 aliphatic carbocycles. The van der Waals surface area contributed by atoms with Gasteiger partial charge in [-0.2, -0.15) is 0 Å². The van der Waals surface area contributed by atoms with Gasteiger partial charge in [0.15, 0.2) is 11.5 Å². The highest BCUT2D eigenvalue weighted by atomic mass is 32.1. The van der Waals surface area contributed by atoms with Crippen molar-refractivity contribution in [2.24, 2.45) is 4.99 Å². The van der Waals surface area contributed by atoms with Gasteiger partial charge in [0, 0.05) is 16.7 Å². The van der Waals surface area contributed by atoms with E-state index in [9.17, 15) is 0 Å². The Labute approximate surface area is 152 Å². The minimum atomic E-state index is 0.131. The number of hydrogen-bond acceptors (Lipinski definition) is 5. The zero-order valence-electron chi connectivity index (χ0n) is 15.0. The maximum atomic E-state index is 5.55. The van der Waals surface area contributed by atoms with Crippen molar-refractivity contribution in [1.29, 1.82) is 0 Å². The number of aryl methyl sites for hydroxylation is 1. The quantitative estimate of drug-likeness (QED) is 0.797. The van der Waals surface area contributed by atoms with Crippen molar-refractivity contribution in [2.75, 3.05) is 12.1 Å². The Morgan fingerprint density at radius 3 is 2.96 bits per heavy atom. The van der Waals surface area contributed by atoms with E-state index in [2.05, 4.69) is 44.4 Å². The molecule has 0 fully saturated rings. The van der Waals surface area contributed by atoms with E-state index in [0.717, 1.165) is 30.8 Å². The molecule has 1 unspecified atom stereocenters. The van der Waals surface area contributed by atoms with Gasteiger partial charge in [-0.1, -0.05) is 19.4 Å². The molecule has 2 atom stereocenters. The summed E-state index contributed by atoms with van der Waals surface area (Å²) in [6.07, 6.45) is 5.46. The minimum absolute atomic E-state index is 0.131. The van der Waals surface area contributed by atoms with Crippen LogP contribution in [0.5, 0.6) is 11.5 Å². The molecule has 4 rings (SSSR count). The van der Waals surface area contributed by atoms with Gasteiger partial charge in [0.05, 0.1) is 5.00 Å². The lowest BCUT2D eigenvalue weighted by Gasteiger charge is -2.25. The van der Waals surface area contributed by atoms with Gasteiger partial charge in [-0.15, -0.1) is 11.3 Å². The summed E-state index contributed by atoms with van der Waals surface area (Å²) in [5, 5.41) is 4.89. The van der Waals surface area contributed by atoms with Crippen LogP contribution in [0, 0.1) is 13.8 Å². The third-order valence-corrected chi connectivity index (χ3v) is 6.28. The summed E-state index contributed by atoms with van der Waals surface area (Å²) in [6.45, 7) is 6.91. The number of thiophene rings is 1. The van der Waals surface area contributed by atoms with Gasteiger partial charge < -0.3 is 14.8 Å². The molecule has 0 saturated carbocycles. The first-order chi connectivity index (χ1) is 12.2. The number of benzene rings is 1. The maximum absolute atomic E-state index is 5.55. The lowest BCUT2D eigenvalue weighted by molar-refractivity contribution is 0.174. The van der Waals surface area contributed by atoms with Gasteiger partial charge in [0.1, 0.15) is 6.17 Å². The molecule has 0 radical (unpaired) electrons. The molecule has 2 aliphatic heterocycles. The van der Waals surface area contributed by atoms with Gasteiger partial charge in [-0.3, -0.25) is 4.99 Å². The average molecular weight is 356 g/mol. The predicted molar refractivity (Wildman–Crippen MR) is 104 cm³/mol. The highest BCUT2D eigenvalue weighted by Crippen LogP contribution is 2.39. The summed E-state index contributed by atoms with van der Waals surface area (Å²) in [5.41, 5.74) is 3.91. The Hall–Kier alpha value is -2.01. The molecule has 0 amide bonds. The molecule has 0 saturated heterocycles. The summed E-state index contributed by atoms with van der Waals surface area (Å²) < 4.78 is 11.0. The molecule has 2 aromatic rings. The molecular weight excluding hydrogens is 332 g/mol. The zero-order chi connectivity index (χ0) is 17.4. The molecule has 1 N–H and O–H groups in total. The first-order valence-corrected chi connectivity index (χ1v) is 9.76. The molecule has 0 spiro atoms. The molecule has 2 aliphatic rings. The fourth-order valence-corrected chi connectivity index (χ4v) is 4.67. The summed E-state index contributed by atoms with van der Waals surface area (Å²) in [7, 11) is 0. The number of nitrogens with one attached hydrogen (secondary N) is 1. The Morgan fingerprint density at radius 2 is 2.12 bits per heavy atom. The largest absolute Gasteiger partial charge is 0.454 e. The molecule has 1 aromatic heterocycles. The van der Waals surface area contributed by atoms with Crippen LogP contribution in [-0.2, 0) is 0 Å². The van der Waals surface area contributed by atoms with Crippen molar-refractivity contribution in [3.63, 3.8) is 0 Å². The molecule has 0 bridgehead atoms. The fourth-order valence-electron chi connectivity index (χ4n) is 3.59. The van der Waals surface area contributed by atoms with Crippen LogP contribution >= 0.6 is 11.3 Å². The number of anilines is 1. The molecule has 5 heteroatoms. The maximum Gasteiger partial charge on any atom is 0.231 e. The van der Waals surface area contributed by atoms with Gasteiger partial charge in [-0.05, 0) is 55.9 Å². The van der Waals surface area contributed by atoms with Crippen LogP contribution in [-0.4, -0.2) is 19.2 Å². The smallest absolute Gasteiger partial charge is 0.231 e. The Morgan fingerprint density at radius 1 is 1.28 bits per heavy atom. The number of rotatable bonds is 5. The summed E-state index contributed by atoms with van der Waals surface area (Å²) in [4.78, 5) is 6.15. The predicted octanol–water partition coefficient (Wildman–Crippen LogP) is 5.24. The lowest BCUT2D eigenvalue weighted by Crippen LogP contribution is -2.23. The third-order valence-electron chi connectivity index (χ3n) is 5.13. The van der Waals surface area contributed by atoms with Crippen LogP contribution in [0.4, 0.5) is 5.00 Å². The first kappa shape index (κ1) is 16.5. The Balaban J connectivity index is 1.53. The topological polar surface area (TPSA) is 42.9 Å². The molecule has 3 heterocycles. The Bertz CT molecular complexity index is 812. The van der Waals surface area contributed by atoms with E-state index < -0.39 is 0 Å². The second-order valence-electron chi connectivity index (χ2n) is 6.80. The van der Waals surface area contributed by atoms with E-state index in [0.29, 0.717) is 12.7 Å². The number of fused-ring (bicyclic) bond motifs is 2. The lowest BCUT2D eigenvalue weighted by atomic mass is 9.90. The second-order valence-corrected chi connectivity index (χ2v) is 8.02. The molecule has 132 valence electrons. The van der Waals surface area contributed by atoms with E-state index in [1.807, 2.05) is 17.4 Å². The Kier molecular flexibility index (Phi) is 4.42. The highest BCUT2D eigenvalue weighted by Gasteiger charge is 2.24. The average Bonchev–Trinajstić information content (AvgIpc) is 3.18. The molecule has 25 heavy (non-hydrogen) atoms. The van der Waals surface area contributed by atoms with Gasteiger partial charge in [0.2, 0.25) is 6.79 Å². The van der Waals surface area contributed by atoms with Crippen LogP contribution in [0.25, 0.3) is 0 Å². The van der Waals surface area contributed by atoms with Crippen molar-refractivity contribution in [3.8, 4) is 11.5 Å². The first-order valence-electron chi connectivity index (χ1n) is 8.95. The summed E-state index contributed by atoms with van der Waals surface area (Å²) in [6, 6.07) is 6.34. The second kappa shape index (κ2) is 6.71.